The highest BCUT2D eigenvalue weighted by Gasteiger charge is 1.97. The van der Waals surface area contributed by atoms with Crippen LogP contribution in [0.5, 0.6) is 0 Å². The van der Waals surface area contributed by atoms with Crippen LogP contribution in [0, 0.1) is 0 Å². The van der Waals surface area contributed by atoms with Crippen molar-refractivity contribution in [2.45, 2.75) is 45.4 Å². The first-order valence-electron chi connectivity index (χ1n) is 5.74. The Kier molecular flexibility index (Phi) is 14.1. The van der Waals surface area contributed by atoms with Gasteiger partial charge in [0.05, 0.1) is 6.61 Å². The van der Waals surface area contributed by atoms with Gasteiger partial charge in [-0.2, -0.15) is 0 Å². The van der Waals surface area contributed by atoms with Crippen molar-refractivity contribution in [2.24, 2.45) is 0 Å². The largest absolute Gasteiger partial charge is 0.478 e. The molecule has 0 amide bonds. The topological polar surface area (TPSA) is 63.6 Å². The van der Waals surface area contributed by atoms with E-state index in [4.69, 9.17) is 9.84 Å². The average Bonchev–Trinajstić information content (AvgIpc) is 2.25. The molecular weight excluding hydrogens is 244 g/mol. The number of carbonyl (C=O) groups is 2. The Bertz CT molecular complexity index is 239. The lowest BCUT2D eigenvalue weighted by molar-refractivity contribution is -0.138. The number of ether oxygens (including phenoxy) is 1. The summed E-state index contributed by atoms with van der Waals surface area (Å²) in [5.41, 5.74) is 0. The first kappa shape index (κ1) is 18.3. The van der Waals surface area contributed by atoms with E-state index in [0.29, 0.717) is 6.61 Å². The molecule has 1 N–H and O–H groups in total. The van der Waals surface area contributed by atoms with Gasteiger partial charge in [-0.25, -0.2) is 9.59 Å². The molecule has 0 aromatic rings. The number of hydrogen-bond acceptors (Lipinski definition) is 3. The van der Waals surface area contributed by atoms with Gasteiger partial charge in [0.1, 0.15) is 0 Å². The van der Waals surface area contributed by atoms with E-state index < -0.39 is 11.9 Å². The van der Waals surface area contributed by atoms with E-state index in [1.54, 1.807) is 0 Å². The minimum atomic E-state index is -1.14. The standard InChI is InChI=1S/C12H20O4.ClH/c1-2-3-4-5-6-7-10-16-12(15)9-8-11(13)14;/h8-9H,2-7,10H2,1H3,(H,13,14);1H. The van der Waals surface area contributed by atoms with Gasteiger partial charge in [-0.15, -0.1) is 12.4 Å². The number of carboxylic acid groups (broad SMARTS) is 1. The molecule has 0 atom stereocenters. The summed E-state index contributed by atoms with van der Waals surface area (Å²) in [6, 6.07) is 0. The molecule has 4 nitrogen and oxygen atoms in total. The molecule has 0 rings (SSSR count). The second-order valence-electron chi connectivity index (χ2n) is 3.61. The third-order valence-corrected chi connectivity index (χ3v) is 2.10. The molecule has 0 saturated carbocycles. The SMILES string of the molecule is CCCCCCCCOC(=O)C=CC(=O)O.Cl. The maximum Gasteiger partial charge on any atom is 0.331 e. The van der Waals surface area contributed by atoms with Gasteiger partial charge in [0, 0.05) is 12.2 Å². The normalized spacial score (nSPS) is 9.94. The van der Waals surface area contributed by atoms with Gasteiger partial charge >= 0.3 is 11.9 Å². The number of halogens is 1. The molecule has 0 spiro atoms. The van der Waals surface area contributed by atoms with Crippen LogP contribution in [-0.2, 0) is 14.3 Å². The number of carbonyl (C=O) groups excluding carboxylic acids is 1. The molecular formula is C12H21ClO4. The smallest absolute Gasteiger partial charge is 0.331 e. The molecule has 0 unspecified atom stereocenters. The van der Waals surface area contributed by atoms with E-state index in [2.05, 4.69) is 6.92 Å². The van der Waals surface area contributed by atoms with Crippen molar-refractivity contribution in [3.05, 3.63) is 12.2 Å². The van der Waals surface area contributed by atoms with Crippen LogP contribution in [0.15, 0.2) is 12.2 Å². The van der Waals surface area contributed by atoms with Gasteiger partial charge in [-0.1, -0.05) is 39.0 Å². The van der Waals surface area contributed by atoms with Crippen LogP contribution in [0.4, 0.5) is 0 Å². The van der Waals surface area contributed by atoms with E-state index in [0.717, 1.165) is 31.4 Å². The molecule has 0 fully saturated rings. The first-order valence-corrected chi connectivity index (χ1v) is 5.74. The Morgan fingerprint density at radius 3 is 2.24 bits per heavy atom. The van der Waals surface area contributed by atoms with Crippen LogP contribution in [0.25, 0.3) is 0 Å². The molecule has 0 aliphatic rings. The Hall–Kier alpha value is -1.03. The van der Waals surface area contributed by atoms with Crippen molar-refractivity contribution in [1.29, 1.82) is 0 Å². The molecule has 100 valence electrons. The van der Waals surface area contributed by atoms with Crippen molar-refractivity contribution >= 4 is 24.3 Å². The molecule has 0 saturated heterocycles. The lowest BCUT2D eigenvalue weighted by atomic mass is 10.1. The first-order chi connectivity index (χ1) is 7.66. The minimum Gasteiger partial charge on any atom is -0.478 e. The molecule has 0 aromatic heterocycles. The summed E-state index contributed by atoms with van der Waals surface area (Å²) in [4.78, 5) is 21.0. The van der Waals surface area contributed by atoms with Crippen LogP contribution in [-0.4, -0.2) is 23.7 Å². The molecule has 0 aromatic carbocycles. The summed E-state index contributed by atoms with van der Waals surface area (Å²) < 4.78 is 4.81. The predicted octanol–water partition coefficient (Wildman–Crippen LogP) is 2.95. The molecule has 17 heavy (non-hydrogen) atoms. The Balaban J connectivity index is 0. The van der Waals surface area contributed by atoms with Crippen molar-refractivity contribution < 1.29 is 19.4 Å². The second kappa shape index (κ2) is 13.0. The Morgan fingerprint density at radius 1 is 1.06 bits per heavy atom. The summed E-state index contributed by atoms with van der Waals surface area (Å²) in [6.45, 7) is 2.53. The Morgan fingerprint density at radius 2 is 1.65 bits per heavy atom. The van der Waals surface area contributed by atoms with Crippen LogP contribution in [0.3, 0.4) is 0 Å². The van der Waals surface area contributed by atoms with E-state index in [9.17, 15) is 9.59 Å². The third kappa shape index (κ3) is 15.0. The van der Waals surface area contributed by atoms with Gasteiger partial charge in [0.25, 0.3) is 0 Å². The van der Waals surface area contributed by atoms with E-state index >= 15 is 0 Å². The van der Waals surface area contributed by atoms with Crippen LogP contribution >= 0.6 is 12.4 Å². The summed E-state index contributed by atoms with van der Waals surface area (Å²) in [5, 5.41) is 8.26. The van der Waals surface area contributed by atoms with Crippen molar-refractivity contribution in [3.8, 4) is 0 Å². The summed E-state index contributed by atoms with van der Waals surface area (Å²) in [5.74, 6) is -1.73. The molecule has 0 aliphatic carbocycles. The predicted molar refractivity (Wildman–Crippen MR) is 68.4 cm³/mol. The fourth-order valence-electron chi connectivity index (χ4n) is 1.24. The van der Waals surface area contributed by atoms with Crippen molar-refractivity contribution in [2.75, 3.05) is 6.61 Å². The monoisotopic (exact) mass is 264 g/mol. The zero-order valence-electron chi connectivity index (χ0n) is 10.2. The fraction of sp³-hybridized carbons (Fsp3) is 0.667. The lowest BCUT2D eigenvalue weighted by Gasteiger charge is -2.01. The van der Waals surface area contributed by atoms with E-state index in [1.807, 2.05) is 0 Å². The summed E-state index contributed by atoms with van der Waals surface area (Å²) in [7, 11) is 0. The van der Waals surface area contributed by atoms with Gasteiger partial charge in [0.2, 0.25) is 0 Å². The average molecular weight is 265 g/mol. The highest BCUT2D eigenvalue weighted by molar-refractivity contribution is 5.90. The van der Waals surface area contributed by atoms with Gasteiger partial charge in [0.15, 0.2) is 0 Å². The van der Waals surface area contributed by atoms with Gasteiger partial charge in [-0.05, 0) is 6.42 Å². The summed E-state index contributed by atoms with van der Waals surface area (Å²) >= 11 is 0. The Labute approximate surface area is 108 Å². The van der Waals surface area contributed by atoms with Crippen LogP contribution < -0.4 is 0 Å². The number of esters is 1. The van der Waals surface area contributed by atoms with Crippen LogP contribution in [0.1, 0.15) is 45.4 Å². The summed E-state index contributed by atoms with van der Waals surface area (Å²) in [6.07, 6.45) is 8.46. The molecule has 0 heterocycles. The maximum absolute atomic E-state index is 10.9. The van der Waals surface area contributed by atoms with Gasteiger partial charge in [-0.3, -0.25) is 0 Å². The second-order valence-corrected chi connectivity index (χ2v) is 3.61. The molecule has 0 radical (unpaired) electrons. The van der Waals surface area contributed by atoms with Crippen molar-refractivity contribution in [3.63, 3.8) is 0 Å². The molecule has 0 bridgehead atoms. The minimum absolute atomic E-state index is 0. The molecule has 0 aliphatic heterocycles. The highest BCUT2D eigenvalue weighted by Crippen LogP contribution is 2.04. The number of hydrogen-bond donors (Lipinski definition) is 1. The highest BCUT2D eigenvalue weighted by atomic mass is 35.5. The molecule has 5 heteroatoms. The van der Waals surface area contributed by atoms with E-state index in [-0.39, 0.29) is 12.4 Å². The number of unbranched alkanes of at least 4 members (excludes halogenated alkanes) is 5. The zero-order valence-corrected chi connectivity index (χ0v) is 11.0. The van der Waals surface area contributed by atoms with E-state index in [1.165, 1.54) is 19.3 Å². The third-order valence-electron chi connectivity index (χ3n) is 2.10. The quantitative estimate of drug-likeness (QED) is 0.395. The lowest BCUT2D eigenvalue weighted by Crippen LogP contribution is -2.03. The number of aliphatic carboxylic acids is 1. The number of carboxylic acids is 1. The van der Waals surface area contributed by atoms with Crippen LogP contribution in [0.2, 0.25) is 0 Å². The number of rotatable bonds is 9. The van der Waals surface area contributed by atoms with Gasteiger partial charge < -0.3 is 9.84 Å². The zero-order chi connectivity index (χ0) is 12.2. The maximum atomic E-state index is 10.9. The fourth-order valence-corrected chi connectivity index (χ4v) is 1.24. The van der Waals surface area contributed by atoms with Crippen molar-refractivity contribution in [1.82, 2.24) is 0 Å².